The zero-order valence-corrected chi connectivity index (χ0v) is 16.7. The van der Waals surface area contributed by atoms with Crippen molar-refractivity contribution in [2.45, 2.75) is 116 Å². The molecule has 2 aliphatic carbocycles. The number of carbonyl (C=O) groups is 1. The lowest BCUT2D eigenvalue weighted by molar-refractivity contribution is -0.155. The summed E-state index contributed by atoms with van der Waals surface area (Å²) in [5, 5.41) is 19.1. The predicted molar refractivity (Wildman–Crippen MR) is 107 cm³/mol. The highest BCUT2D eigenvalue weighted by atomic mass is 16.4. The van der Waals surface area contributed by atoms with Crippen LogP contribution >= 0.6 is 0 Å². The van der Waals surface area contributed by atoms with Gasteiger partial charge in [-0.25, -0.2) is 0 Å². The highest BCUT2D eigenvalue weighted by Gasteiger charge is 2.43. The molecule has 0 saturated heterocycles. The second kappa shape index (κ2) is 10.4. The van der Waals surface area contributed by atoms with Gasteiger partial charge in [-0.15, -0.1) is 0 Å². The van der Waals surface area contributed by atoms with Crippen molar-refractivity contribution in [1.29, 1.82) is 0 Å². The molecule has 0 aromatic carbocycles. The van der Waals surface area contributed by atoms with Gasteiger partial charge in [0.05, 0.1) is 11.2 Å². The molecule has 0 atom stereocenters. The summed E-state index contributed by atoms with van der Waals surface area (Å²) >= 11 is 0. The summed E-state index contributed by atoms with van der Waals surface area (Å²) in [5.41, 5.74) is -0.265. The Kier molecular flexibility index (Phi) is 8.50. The van der Waals surface area contributed by atoms with Crippen molar-refractivity contribution in [3.63, 3.8) is 0 Å². The highest BCUT2D eigenvalue weighted by Crippen LogP contribution is 2.49. The molecule has 0 unspecified atom stereocenters. The number of rotatable bonds is 15. The number of carboxylic acids is 1. The molecule has 2 aliphatic rings. The molecule has 0 heterocycles. The van der Waals surface area contributed by atoms with Crippen LogP contribution in [0.15, 0.2) is 12.3 Å². The van der Waals surface area contributed by atoms with Gasteiger partial charge in [-0.05, 0) is 38.5 Å². The average Bonchev–Trinajstić information content (AvgIpc) is 2.51. The molecule has 0 spiro atoms. The van der Waals surface area contributed by atoms with Crippen molar-refractivity contribution in [3.05, 3.63) is 12.3 Å². The van der Waals surface area contributed by atoms with E-state index in [1.54, 1.807) is 0 Å². The number of aliphatic hydroxyl groups is 1. The normalized spacial score (nSPS) is 20.2. The van der Waals surface area contributed by atoms with E-state index in [1.807, 2.05) is 0 Å². The first-order chi connectivity index (χ1) is 12.5. The summed E-state index contributed by atoms with van der Waals surface area (Å²) in [7, 11) is 0. The molecule has 0 bridgehead atoms. The van der Waals surface area contributed by atoms with Crippen molar-refractivity contribution in [2.24, 2.45) is 10.8 Å². The average molecular weight is 365 g/mol. The van der Waals surface area contributed by atoms with Gasteiger partial charge in [-0.1, -0.05) is 83.6 Å². The topological polar surface area (TPSA) is 57.5 Å². The standard InChI is InChI=1S/C23H40O3/c1-20(24)22(16-12-17-22)14-10-8-6-4-2-3-5-7-9-11-15-23(21(25)26)18-13-19-23/h24H,1-19H2,(H,25,26). The van der Waals surface area contributed by atoms with Gasteiger partial charge >= 0.3 is 5.97 Å². The molecule has 150 valence electrons. The molecule has 0 amide bonds. The Balaban J connectivity index is 1.35. The third kappa shape index (κ3) is 5.76. The van der Waals surface area contributed by atoms with E-state index in [4.69, 9.17) is 0 Å². The predicted octanol–water partition coefficient (Wildman–Crippen LogP) is 7.16. The fraction of sp³-hybridized carbons (Fsp3) is 0.870. The number of unbranched alkanes of at least 4 members (excludes halogenated alkanes) is 9. The van der Waals surface area contributed by atoms with Crippen LogP contribution in [0.3, 0.4) is 0 Å². The molecular formula is C23H40O3. The van der Waals surface area contributed by atoms with Gasteiger partial charge in [0.25, 0.3) is 0 Å². The number of aliphatic carboxylic acids is 1. The number of hydrogen-bond acceptors (Lipinski definition) is 2. The highest BCUT2D eigenvalue weighted by molar-refractivity contribution is 5.75. The number of hydrogen-bond donors (Lipinski definition) is 2. The minimum atomic E-state index is -0.560. The van der Waals surface area contributed by atoms with E-state index in [-0.39, 0.29) is 10.8 Å². The smallest absolute Gasteiger partial charge is 0.309 e. The fourth-order valence-corrected chi connectivity index (χ4v) is 4.80. The lowest BCUT2D eigenvalue weighted by Gasteiger charge is -2.41. The molecule has 0 aromatic rings. The van der Waals surface area contributed by atoms with Crippen LogP contribution in [0.2, 0.25) is 0 Å². The number of aliphatic hydroxyl groups excluding tert-OH is 1. The molecule has 2 fully saturated rings. The fourth-order valence-electron chi connectivity index (χ4n) is 4.80. The molecule has 0 aromatic heterocycles. The third-order valence-corrected chi connectivity index (χ3v) is 7.25. The van der Waals surface area contributed by atoms with Crippen LogP contribution in [0, 0.1) is 10.8 Å². The maximum absolute atomic E-state index is 11.3. The van der Waals surface area contributed by atoms with Crippen LogP contribution in [-0.2, 0) is 4.79 Å². The monoisotopic (exact) mass is 364 g/mol. The number of carboxylic acid groups (broad SMARTS) is 1. The zero-order valence-electron chi connectivity index (χ0n) is 16.7. The molecule has 26 heavy (non-hydrogen) atoms. The summed E-state index contributed by atoms with van der Waals surface area (Å²) in [6.07, 6.45) is 21.1. The summed E-state index contributed by atoms with van der Waals surface area (Å²) in [4.78, 5) is 11.3. The molecule has 0 radical (unpaired) electrons. The third-order valence-electron chi connectivity index (χ3n) is 7.25. The van der Waals surface area contributed by atoms with Crippen LogP contribution in [0.1, 0.15) is 116 Å². The Morgan fingerprint density at radius 3 is 1.27 bits per heavy atom. The van der Waals surface area contributed by atoms with Gasteiger partial charge in [0, 0.05) is 5.41 Å². The van der Waals surface area contributed by atoms with Crippen molar-refractivity contribution in [2.75, 3.05) is 0 Å². The molecule has 2 saturated carbocycles. The van der Waals surface area contributed by atoms with E-state index in [0.717, 1.165) is 51.4 Å². The Labute approximate surface area is 160 Å². The van der Waals surface area contributed by atoms with Gasteiger partial charge in [0.1, 0.15) is 0 Å². The van der Waals surface area contributed by atoms with E-state index in [0.29, 0.717) is 5.76 Å². The zero-order chi connectivity index (χ0) is 18.9. The van der Waals surface area contributed by atoms with E-state index in [9.17, 15) is 15.0 Å². The van der Waals surface area contributed by atoms with Crippen LogP contribution < -0.4 is 0 Å². The van der Waals surface area contributed by atoms with Crippen LogP contribution in [0.4, 0.5) is 0 Å². The second-order valence-corrected chi connectivity index (χ2v) is 9.06. The lowest BCUT2D eigenvalue weighted by atomic mass is 9.65. The van der Waals surface area contributed by atoms with Crippen LogP contribution in [-0.4, -0.2) is 16.2 Å². The van der Waals surface area contributed by atoms with Gasteiger partial charge in [0.15, 0.2) is 0 Å². The largest absolute Gasteiger partial charge is 0.512 e. The minimum absolute atomic E-state index is 0.0820. The molecule has 0 aliphatic heterocycles. The quantitative estimate of drug-likeness (QED) is 0.239. The first-order valence-corrected chi connectivity index (χ1v) is 11.1. The Bertz CT molecular complexity index is 404. The number of allylic oxidation sites excluding steroid dienone is 1. The summed E-state index contributed by atoms with van der Waals surface area (Å²) in [6, 6.07) is 0. The van der Waals surface area contributed by atoms with Gasteiger partial charge in [-0.2, -0.15) is 0 Å². The Hall–Kier alpha value is -0.990. The molecular weight excluding hydrogens is 324 g/mol. The van der Waals surface area contributed by atoms with E-state index >= 15 is 0 Å². The summed E-state index contributed by atoms with van der Waals surface area (Å²) in [5.74, 6) is -0.134. The maximum atomic E-state index is 11.3. The van der Waals surface area contributed by atoms with E-state index in [1.165, 1.54) is 64.2 Å². The summed E-state index contributed by atoms with van der Waals surface area (Å²) < 4.78 is 0. The maximum Gasteiger partial charge on any atom is 0.309 e. The first kappa shape index (κ1) is 21.3. The van der Waals surface area contributed by atoms with Crippen molar-refractivity contribution < 1.29 is 15.0 Å². The second-order valence-electron chi connectivity index (χ2n) is 9.06. The lowest BCUT2D eigenvalue weighted by Crippen LogP contribution is -2.37. The first-order valence-electron chi connectivity index (χ1n) is 11.1. The Morgan fingerprint density at radius 2 is 1.00 bits per heavy atom. The van der Waals surface area contributed by atoms with Crippen LogP contribution in [0.5, 0.6) is 0 Å². The van der Waals surface area contributed by atoms with Crippen molar-refractivity contribution in [1.82, 2.24) is 0 Å². The van der Waals surface area contributed by atoms with E-state index < -0.39 is 5.97 Å². The van der Waals surface area contributed by atoms with Gasteiger partial charge in [-0.3, -0.25) is 4.79 Å². The van der Waals surface area contributed by atoms with Crippen LogP contribution in [0.25, 0.3) is 0 Å². The molecule has 2 rings (SSSR count). The SMILES string of the molecule is C=C(O)C1(CCCCCCCCCCCCC2(C(=O)O)CCC2)CCC1. The Morgan fingerprint density at radius 1 is 0.654 bits per heavy atom. The van der Waals surface area contributed by atoms with E-state index in [2.05, 4.69) is 6.58 Å². The van der Waals surface area contributed by atoms with Crippen molar-refractivity contribution in [3.8, 4) is 0 Å². The minimum Gasteiger partial charge on any atom is -0.512 e. The molecule has 2 N–H and O–H groups in total. The summed E-state index contributed by atoms with van der Waals surface area (Å²) in [6.45, 7) is 3.78. The molecule has 3 nitrogen and oxygen atoms in total. The van der Waals surface area contributed by atoms with Gasteiger partial charge < -0.3 is 10.2 Å². The van der Waals surface area contributed by atoms with Gasteiger partial charge in [0.2, 0.25) is 0 Å². The van der Waals surface area contributed by atoms with Crippen molar-refractivity contribution >= 4 is 5.97 Å². The molecule has 3 heteroatoms.